The van der Waals surface area contributed by atoms with Gasteiger partial charge in [0.1, 0.15) is 30.5 Å². The number of fused-ring (bicyclic) bond motifs is 2. The van der Waals surface area contributed by atoms with Crippen LogP contribution in [0.2, 0.25) is 0 Å². The fourth-order valence-corrected chi connectivity index (χ4v) is 5.54. The molecule has 3 aliphatic carbocycles. The lowest BCUT2D eigenvalue weighted by Gasteiger charge is -2.59. The molecule has 0 aromatic heterocycles. The standard InChI is InChI=1S/C28H37NO12/c1-14(2)24(32)39-15(3)40-26(34)41-22-11-16(27(4,5)25(33)37-8-9-38-29(35)36)10-21(31)23(22)17-12-20(30)19-13-18(17)28(19,6)7/h10-11,14-15,17-19,31H,8-9,12-13H2,1-7H3/t15?,17-,18-,19+/m1/s1. The first-order chi connectivity index (χ1) is 19.0. The van der Waals surface area contributed by atoms with Crippen molar-refractivity contribution < 1.29 is 53.2 Å². The van der Waals surface area contributed by atoms with Crippen LogP contribution in [0, 0.1) is 33.3 Å². The molecule has 41 heavy (non-hydrogen) atoms. The molecule has 0 spiro atoms. The van der Waals surface area contributed by atoms with Crippen molar-refractivity contribution in [1.29, 1.82) is 0 Å². The lowest BCUT2D eigenvalue weighted by atomic mass is 9.44. The van der Waals surface area contributed by atoms with E-state index in [2.05, 4.69) is 4.84 Å². The Bertz CT molecular complexity index is 1220. The largest absolute Gasteiger partial charge is 0.516 e. The zero-order valence-corrected chi connectivity index (χ0v) is 24.3. The molecule has 1 unspecified atom stereocenters. The average Bonchev–Trinajstić information content (AvgIpc) is 2.84. The predicted octanol–water partition coefficient (Wildman–Crippen LogP) is 4.20. The first-order valence-electron chi connectivity index (χ1n) is 13.4. The topological polar surface area (TPSA) is 178 Å². The fraction of sp³-hybridized carbons (Fsp3) is 0.643. The van der Waals surface area contributed by atoms with Crippen LogP contribution in [0.1, 0.15) is 78.4 Å². The highest BCUT2D eigenvalue weighted by Crippen LogP contribution is 2.64. The van der Waals surface area contributed by atoms with Gasteiger partial charge >= 0.3 is 18.1 Å². The Morgan fingerprint density at radius 1 is 1.15 bits per heavy atom. The number of aromatic hydroxyl groups is 1. The van der Waals surface area contributed by atoms with Crippen molar-refractivity contribution in [2.75, 3.05) is 13.2 Å². The maximum Gasteiger partial charge on any atom is 0.516 e. The Labute approximate surface area is 237 Å². The second-order valence-corrected chi connectivity index (χ2v) is 11.8. The Hall–Kier alpha value is -3.90. The number of hydrogen-bond acceptors (Lipinski definition) is 12. The van der Waals surface area contributed by atoms with Crippen LogP contribution in [-0.2, 0) is 38.8 Å². The highest BCUT2D eigenvalue weighted by Gasteiger charge is 2.59. The van der Waals surface area contributed by atoms with Gasteiger partial charge in [0.2, 0.25) is 6.29 Å². The highest BCUT2D eigenvalue weighted by atomic mass is 17.0. The summed E-state index contributed by atoms with van der Waals surface area (Å²) in [5, 5.41) is 20.6. The molecule has 226 valence electrons. The molecule has 3 aliphatic rings. The number of Topliss-reactive ketones (excluding diaryl/α,β-unsaturated/α-hetero) is 1. The van der Waals surface area contributed by atoms with Crippen molar-refractivity contribution >= 4 is 23.9 Å². The molecule has 0 aliphatic heterocycles. The number of benzene rings is 1. The van der Waals surface area contributed by atoms with Gasteiger partial charge in [-0.15, -0.1) is 10.1 Å². The van der Waals surface area contributed by atoms with E-state index >= 15 is 0 Å². The van der Waals surface area contributed by atoms with E-state index in [-0.39, 0.29) is 52.1 Å². The van der Waals surface area contributed by atoms with Crippen molar-refractivity contribution in [2.24, 2.45) is 23.2 Å². The Morgan fingerprint density at radius 3 is 2.37 bits per heavy atom. The van der Waals surface area contributed by atoms with Gasteiger partial charge in [0.15, 0.2) is 0 Å². The van der Waals surface area contributed by atoms with Crippen LogP contribution in [0.5, 0.6) is 11.5 Å². The van der Waals surface area contributed by atoms with Gasteiger partial charge in [0, 0.05) is 30.7 Å². The van der Waals surface area contributed by atoms with Gasteiger partial charge in [-0.2, -0.15) is 0 Å². The van der Waals surface area contributed by atoms with Crippen LogP contribution in [0.25, 0.3) is 0 Å². The number of ketones is 1. The van der Waals surface area contributed by atoms with Crippen molar-refractivity contribution in [3.05, 3.63) is 33.4 Å². The molecular weight excluding hydrogens is 542 g/mol. The van der Waals surface area contributed by atoms with Crippen LogP contribution in [0.4, 0.5) is 4.79 Å². The molecule has 13 heteroatoms. The van der Waals surface area contributed by atoms with Gasteiger partial charge in [-0.3, -0.25) is 14.4 Å². The molecule has 4 rings (SSSR count). The van der Waals surface area contributed by atoms with Gasteiger partial charge in [0.05, 0.1) is 11.3 Å². The second-order valence-electron chi connectivity index (χ2n) is 11.8. The first kappa shape index (κ1) is 31.6. The number of carbonyl (C=O) groups excluding carboxylic acids is 4. The SMILES string of the molecule is CC(OC(=O)Oc1cc(C(C)(C)C(=O)OCCO[N+](=O)[O-])cc(O)c1[C@@H]1CC(=O)[C@@H]2C[C@H]1C2(C)C)OC(=O)C(C)C. The number of nitrogens with zero attached hydrogens (tertiary/aromatic N) is 1. The number of phenols is 1. The van der Waals surface area contributed by atoms with E-state index in [1.807, 2.05) is 13.8 Å². The van der Waals surface area contributed by atoms with E-state index in [0.717, 1.165) is 0 Å². The molecule has 1 N–H and O–H groups in total. The van der Waals surface area contributed by atoms with Crippen molar-refractivity contribution in [1.82, 2.24) is 0 Å². The molecule has 1 aromatic carbocycles. The minimum atomic E-state index is -1.41. The fourth-order valence-electron chi connectivity index (χ4n) is 5.54. The van der Waals surface area contributed by atoms with Crippen molar-refractivity contribution in [3.8, 4) is 11.5 Å². The van der Waals surface area contributed by atoms with Crippen LogP contribution >= 0.6 is 0 Å². The minimum Gasteiger partial charge on any atom is -0.508 e. The molecule has 13 nitrogen and oxygen atoms in total. The Kier molecular flexibility index (Phi) is 9.19. The summed E-state index contributed by atoms with van der Waals surface area (Å²) in [4.78, 5) is 64.9. The maximum atomic E-state index is 12.9. The van der Waals surface area contributed by atoms with Gasteiger partial charge in [0.25, 0.3) is 5.09 Å². The third-order valence-electron chi connectivity index (χ3n) is 8.08. The average molecular weight is 580 g/mol. The third kappa shape index (κ3) is 6.71. The van der Waals surface area contributed by atoms with Crippen molar-refractivity contribution in [3.63, 3.8) is 0 Å². The summed E-state index contributed by atoms with van der Waals surface area (Å²) >= 11 is 0. The van der Waals surface area contributed by atoms with Crippen molar-refractivity contribution in [2.45, 2.75) is 78.9 Å². The van der Waals surface area contributed by atoms with E-state index < -0.39 is 59.9 Å². The van der Waals surface area contributed by atoms with Crippen LogP contribution < -0.4 is 4.74 Å². The number of rotatable bonds is 11. The summed E-state index contributed by atoms with van der Waals surface area (Å²) in [6.45, 7) is 10.7. The molecule has 3 saturated carbocycles. The molecule has 0 saturated heterocycles. The lowest BCUT2D eigenvalue weighted by molar-refractivity contribution is -0.757. The molecule has 0 heterocycles. The number of phenolic OH excluding ortho intramolecular Hbond substituents is 1. The summed E-state index contributed by atoms with van der Waals surface area (Å²) in [5.41, 5.74) is -1.30. The molecular formula is C28H37NO12. The third-order valence-corrected chi connectivity index (χ3v) is 8.08. The van der Waals surface area contributed by atoms with E-state index in [0.29, 0.717) is 6.42 Å². The summed E-state index contributed by atoms with van der Waals surface area (Å²) in [7, 11) is 0. The van der Waals surface area contributed by atoms with Gasteiger partial charge < -0.3 is 28.9 Å². The number of carbonyl (C=O) groups is 4. The Morgan fingerprint density at radius 2 is 1.80 bits per heavy atom. The molecule has 0 radical (unpaired) electrons. The summed E-state index contributed by atoms with van der Waals surface area (Å²) < 4.78 is 20.8. The zero-order chi connectivity index (χ0) is 30.9. The van der Waals surface area contributed by atoms with Gasteiger partial charge in [-0.25, -0.2) is 4.79 Å². The number of ether oxygens (including phenoxy) is 4. The Balaban J connectivity index is 1.94. The summed E-state index contributed by atoms with van der Waals surface area (Å²) in [6.07, 6.45) is -1.72. The van der Waals surface area contributed by atoms with E-state index in [4.69, 9.17) is 18.9 Å². The first-order valence-corrected chi connectivity index (χ1v) is 13.4. The van der Waals surface area contributed by atoms with E-state index in [9.17, 15) is 34.4 Å². The molecule has 4 atom stereocenters. The molecule has 0 amide bonds. The predicted molar refractivity (Wildman–Crippen MR) is 140 cm³/mol. The zero-order valence-electron chi connectivity index (χ0n) is 24.3. The quantitative estimate of drug-likeness (QED) is 0.0988. The maximum absolute atomic E-state index is 12.9. The van der Waals surface area contributed by atoms with Crippen LogP contribution in [-0.4, -0.2) is 53.6 Å². The molecule has 3 fully saturated rings. The lowest BCUT2D eigenvalue weighted by Crippen LogP contribution is -2.56. The number of esters is 2. The monoisotopic (exact) mass is 579 g/mol. The minimum absolute atomic E-state index is 0.0193. The highest BCUT2D eigenvalue weighted by molar-refractivity contribution is 5.87. The van der Waals surface area contributed by atoms with E-state index in [1.54, 1.807) is 13.8 Å². The summed E-state index contributed by atoms with van der Waals surface area (Å²) in [5.74, 6) is -2.71. The normalized spacial score (nSPS) is 21.8. The molecule has 2 bridgehead atoms. The second kappa shape index (κ2) is 11.9. The number of hydrogen-bond donors (Lipinski definition) is 1. The smallest absolute Gasteiger partial charge is 0.508 e. The summed E-state index contributed by atoms with van der Waals surface area (Å²) in [6, 6.07) is 2.73. The molecule has 1 aromatic rings. The van der Waals surface area contributed by atoms with Gasteiger partial charge in [-0.1, -0.05) is 27.7 Å². The van der Waals surface area contributed by atoms with Crippen LogP contribution in [0.3, 0.4) is 0 Å². The van der Waals surface area contributed by atoms with Gasteiger partial charge in [-0.05, 0) is 49.3 Å². The van der Waals surface area contributed by atoms with E-state index in [1.165, 1.54) is 32.9 Å². The van der Waals surface area contributed by atoms with Crippen LogP contribution in [0.15, 0.2) is 12.1 Å².